The van der Waals surface area contributed by atoms with Gasteiger partial charge in [-0.3, -0.25) is 0 Å². The molecule has 49 heavy (non-hydrogen) atoms. The van der Waals surface area contributed by atoms with Gasteiger partial charge in [0.05, 0.1) is 11.6 Å². The van der Waals surface area contributed by atoms with Gasteiger partial charge in [-0.05, 0) is 85.9 Å². The van der Waals surface area contributed by atoms with Crippen LogP contribution in [0.5, 0.6) is 0 Å². The van der Waals surface area contributed by atoms with Gasteiger partial charge in [0, 0.05) is 22.0 Å². The van der Waals surface area contributed by atoms with Gasteiger partial charge in [-0.1, -0.05) is 103 Å². The summed E-state index contributed by atoms with van der Waals surface area (Å²) in [6, 6.07) is 54.7. The minimum absolute atomic E-state index is 0.0550. The lowest BCUT2D eigenvalue weighted by Gasteiger charge is -2.17. The molecule has 0 bridgehead atoms. The molecule has 0 radical (unpaired) electrons. The molecule has 4 nitrogen and oxygen atoms in total. The first-order valence-electron chi connectivity index (χ1n) is 15.2. The Labute approximate surface area is 285 Å². The van der Waals surface area contributed by atoms with E-state index in [0.717, 1.165) is 11.5 Å². The van der Waals surface area contributed by atoms with Crippen molar-refractivity contribution >= 4 is 53.3 Å². The van der Waals surface area contributed by atoms with E-state index in [0.29, 0.717) is 5.56 Å². The van der Waals surface area contributed by atoms with E-state index in [2.05, 4.69) is 140 Å². The molecule has 0 aliphatic carbocycles. The van der Waals surface area contributed by atoms with Crippen LogP contribution >= 0.6 is 0 Å². The van der Waals surface area contributed by atoms with E-state index < -0.39 is 15.6 Å². The highest BCUT2D eigenvalue weighted by atomic mass is 32.2. The molecule has 7 rings (SSSR count). The maximum atomic E-state index is 10.7. The van der Waals surface area contributed by atoms with E-state index in [-0.39, 0.29) is 10.9 Å². The highest BCUT2D eigenvalue weighted by molar-refractivity contribution is 7.95. The number of fused-ring (bicyclic) bond motifs is 3. The minimum Gasteiger partial charge on any atom is -0.741 e. The van der Waals surface area contributed by atoms with E-state index >= 15 is 0 Å². The summed E-state index contributed by atoms with van der Waals surface area (Å²) in [6.45, 7) is 0. The molecule has 0 aliphatic heterocycles. The number of rotatable bonds is 6. The van der Waals surface area contributed by atoms with Crippen LogP contribution in [0.1, 0.15) is 16.7 Å². The van der Waals surface area contributed by atoms with Crippen molar-refractivity contribution in [2.75, 3.05) is 0 Å². The summed E-state index contributed by atoms with van der Waals surface area (Å²) in [7, 11) is -6.15. The van der Waals surface area contributed by atoms with Crippen molar-refractivity contribution in [1.29, 1.82) is 5.26 Å². The largest absolute Gasteiger partial charge is 0.741 e. The van der Waals surface area contributed by atoms with Crippen LogP contribution in [0.15, 0.2) is 150 Å². The SMILES string of the molecule is N#Cc1ccc(C[S+](Cc2ccccc2-c2c3ccccc3cc3cc4ccccc4cc23)c2ccccc2)cc1.O=S(=O)([O-])C(F)(F)F. The second-order valence-electron chi connectivity index (χ2n) is 11.4. The molecule has 1 atom stereocenters. The van der Waals surface area contributed by atoms with Gasteiger partial charge >= 0.3 is 5.51 Å². The zero-order valence-corrected chi connectivity index (χ0v) is 27.5. The Morgan fingerprint density at radius 3 is 1.84 bits per heavy atom. The second kappa shape index (κ2) is 14.1. The standard InChI is InChI=1S/C39H28NS.CHF3O3S/c40-25-28-18-20-29(21-19-28)26-41(35-14-2-1-3-15-35)27-33-13-7-9-17-37(33)39-36-16-8-6-12-32(36)23-34-22-30-10-4-5-11-31(30)24-38(34)39;2-1(3,4)8(5,6)7/h1-24H,26-27H2;(H,5,6,7)/q+1;/p-1. The Kier molecular flexibility index (Phi) is 9.74. The Hall–Kier alpha value is -5.14. The number of nitriles is 1. The lowest BCUT2D eigenvalue weighted by atomic mass is 9.89. The number of benzene rings is 7. The smallest absolute Gasteiger partial charge is 0.485 e. The van der Waals surface area contributed by atoms with Crippen molar-refractivity contribution in [3.05, 3.63) is 162 Å². The predicted molar refractivity (Wildman–Crippen MR) is 191 cm³/mol. The molecule has 0 fully saturated rings. The molecule has 244 valence electrons. The third-order valence-electron chi connectivity index (χ3n) is 8.13. The second-order valence-corrected chi connectivity index (χ2v) is 14.8. The van der Waals surface area contributed by atoms with Gasteiger partial charge in [-0.15, -0.1) is 0 Å². The van der Waals surface area contributed by atoms with Gasteiger partial charge in [0.2, 0.25) is 0 Å². The molecule has 0 aromatic heterocycles. The Balaban J connectivity index is 0.000000466. The number of hydrogen-bond acceptors (Lipinski definition) is 4. The molecule has 9 heteroatoms. The lowest BCUT2D eigenvalue weighted by Crippen LogP contribution is -2.21. The average Bonchev–Trinajstić information content (AvgIpc) is 3.10. The van der Waals surface area contributed by atoms with Crippen LogP contribution in [0, 0.1) is 11.3 Å². The summed E-state index contributed by atoms with van der Waals surface area (Å²) in [5.41, 5.74) is 0.295. The summed E-state index contributed by atoms with van der Waals surface area (Å²) in [4.78, 5) is 1.36. The number of nitrogens with zero attached hydrogens (tertiary/aromatic N) is 1. The minimum atomic E-state index is -6.09. The van der Waals surface area contributed by atoms with E-state index in [9.17, 15) is 18.4 Å². The third kappa shape index (κ3) is 7.63. The third-order valence-corrected chi connectivity index (χ3v) is 11.0. The van der Waals surface area contributed by atoms with Gasteiger partial charge in [0.15, 0.2) is 15.0 Å². The van der Waals surface area contributed by atoms with Crippen molar-refractivity contribution < 1.29 is 26.1 Å². The van der Waals surface area contributed by atoms with Crippen LogP contribution in [0.25, 0.3) is 43.4 Å². The molecular formula is C40H28F3NO3S2. The molecule has 0 heterocycles. The molecule has 7 aromatic rings. The molecule has 0 amide bonds. The van der Waals surface area contributed by atoms with Crippen molar-refractivity contribution in [3.8, 4) is 17.2 Å². The normalized spacial score (nSPS) is 12.3. The maximum absolute atomic E-state index is 10.7. The highest BCUT2D eigenvalue weighted by Crippen LogP contribution is 2.40. The summed E-state index contributed by atoms with van der Waals surface area (Å²) in [5, 5.41) is 16.9. The highest BCUT2D eigenvalue weighted by Gasteiger charge is 2.37. The molecular weight excluding hydrogens is 664 g/mol. The molecule has 0 saturated carbocycles. The molecule has 7 aromatic carbocycles. The van der Waals surface area contributed by atoms with Crippen LogP contribution in [-0.4, -0.2) is 18.5 Å². The molecule has 0 saturated heterocycles. The van der Waals surface area contributed by atoms with Crippen molar-refractivity contribution in [3.63, 3.8) is 0 Å². The molecule has 1 unspecified atom stereocenters. The van der Waals surface area contributed by atoms with Gasteiger partial charge < -0.3 is 4.55 Å². The summed E-state index contributed by atoms with van der Waals surface area (Å²) in [5.74, 6) is 1.88. The summed E-state index contributed by atoms with van der Waals surface area (Å²) >= 11 is 0. The van der Waals surface area contributed by atoms with E-state index in [1.165, 1.54) is 59.5 Å². The van der Waals surface area contributed by atoms with Crippen LogP contribution in [0.4, 0.5) is 13.2 Å². The first-order valence-corrected chi connectivity index (χ1v) is 18.2. The summed E-state index contributed by atoms with van der Waals surface area (Å²) in [6.07, 6.45) is 0. The van der Waals surface area contributed by atoms with Gasteiger partial charge in [0.1, 0.15) is 11.5 Å². The Bertz CT molecular complexity index is 2420. The van der Waals surface area contributed by atoms with Gasteiger partial charge in [0.25, 0.3) is 0 Å². The number of halogens is 3. The van der Waals surface area contributed by atoms with Crippen molar-refractivity contribution in [2.24, 2.45) is 0 Å². The Morgan fingerprint density at radius 2 is 1.18 bits per heavy atom. The predicted octanol–water partition coefficient (Wildman–Crippen LogP) is 10.1. The van der Waals surface area contributed by atoms with Crippen LogP contribution in [0.2, 0.25) is 0 Å². The summed E-state index contributed by atoms with van der Waals surface area (Å²) < 4.78 is 58.9. The maximum Gasteiger partial charge on any atom is 0.485 e. The zero-order valence-electron chi connectivity index (χ0n) is 25.9. The topological polar surface area (TPSA) is 81.0 Å². The fourth-order valence-corrected chi connectivity index (χ4v) is 8.03. The van der Waals surface area contributed by atoms with Crippen molar-refractivity contribution in [1.82, 2.24) is 0 Å². The number of alkyl halides is 3. The Morgan fingerprint density at radius 1 is 0.633 bits per heavy atom. The molecule has 0 spiro atoms. The van der Waals surface area contributed by atoms with Crippen LogP contribution in [0.3, 0.4) is 0 Å². The van der Waals surface area contributed by atoms with E-state index in [1.54, 1.807) is 0 Å². The van der Waals surface area contributed by atoms with Crippen LogP contribution < -0.4 is 0 Å². The quantitative estimate of drug-likeness (QED) is 0.0753. The fourth-order valence-electron chi connectivity index (χ4n) is 5.83. The van der Waals surface area contributed by atoms with E-state index in [4.69, 9.17) is 13.0 Å². The molecule has 0 N–H and O–H groups in total. The van der Waals surface area contributed by atoms with Crippen LogP contribution in [-0.2, 0) is 32.5 Å². The van der Waals surface area contributed by atoms with E-state index in [1.807, 2.05) is 12.1 Å². The van der Waals surface area contributed by atoms with Crippen molar-refractivity contribution in [2.45, 2.75) is 21.9 Å². The average molecular weight is 692 g/mol. The lowest BCUT2D eigenvalue weighted by molar-refractivity contribution is -0.0517. The first kappa shape index (κ1) is 33.7. The first-order chi connectivity index (χ1) is 23.5. The van der Waals surface area contributed by atoms with Gasteiger partial charge in [-0.25, -0.2) is 8.42 Å². The van der Waals surface area contributed by atoms with Gasteiger partial charge in [-0.2, -0.15) is 18.4 Å². The zero-order chi connectivity index (χ0) is 34.6. The number of hydrogen-bond donors (Lipinski definition) is 0. The fraction of sp³-hybridized carbons (Fsp3) is 0.0750. The monoisotopic (exact) mass is 691 g/mol. The molecule has 0 aliphatic rings.